The molecule has 1 N–H and O–H groups in total. The molecule has 1 aromatic rings. The minimum Gasteiger partial charge on any atom is -0.478 e. The molecule has 60 valence electrons. The predicted molar refractivity (Wildman–Crippen MR) is 44.7 cm³/mol. The van der Waals surface area contributed by atoms with Gasteiger partial charge in [-0.15, -0.1) is 0 Å². The molecule has 0 saturated heterocycles. The number of aromatic carboxylic acids is 1. The number of rotatable bonds is 1. The standard InChI is InChI=1S/C8H4ClNO2/c1-10-5-2-3-6(8(11)12)7(9)4-5/h2-4H,(H,11,12). The maximum Gasteiger partial charge on any atom is 0.337 e. The van der Waals surface area contributed by atoms with Crippen molar-refractivity contribution in [2.45, 2.75) is 0 Å². The number of halogens is 1. The Balaban J connectivity index is 3.23. The quantitative estimate of drug-likeness (QED) is 0.677. The van der Waals surface area contributed by atoms with Gasteiger partial charge in [0.25, 0.3) is 0 Å². The lowest BCUT2D eigenvalue weighted by Crippen LogP contribution is -1.95. The first-order chi connectivity index (χ1) is 5.65. The molecule has 0 unspecified atom stereocenters. The van der Waals surface area contributed by atoms with E-state index in [0.717, 1.165) is 0 Å². The number of hydrogen-bond acceptors (Lipinski definition) is 1. The summed E-state index contributed by atoms with van der Waals surface area (Å²) in [6.45, 7) is 6.64. The van der Waals surface area contributed by atoms with E-state index in [4.69, 9.17) is 23.3 Å². The van der Waals surface area contributed by atoms with Crippen LogP contribution in [0.3, 0.4) is 0 Å². The summed E-state index contributed by atoms with van der Waals surface area (Å²) >= 11 is 5.58. The van der Waals surface area contributed by atoms with E-state index < -0.39 is 5.97 Å². The molecule has 4 heteroatoms. The number of carbonyl (C=O) groups is 1. The third kappa shape index (κ3) is 1.55. The Morgan fingerprint density at radius 2 is 2.25 bits per heavy atom. The Morgan fingerprint density at radius 1 is 1.58 bits per heavy atom. The van der Waals surface area contributed by atoms with Crippen LogP contribution in [0.1, 0.15) is 10.4 Å². The molecule has 0 saturated carbocycles. The molecule has 1 rings (SSSR count). The highest BCUT2D eigenvalue weighted by molar-refractivity contribution is 6.33. The van der Waals surface area contributed by atoms with Crippen molar-refractivity contribution in [3.05, 3.63) is 40.2 Å². The Kier molecular flexibility index (Phi) is 2.32. The van der Waals surface area contributed by atoms with Crippen molar-refractivity contribution < 1.29 is 9.90 Å². The zero-order valence-electron chi connectivity index (χ0n) is 5.91. The smallest absolute Gasteiger partial charge is 0.337 e. The lowest BCUT2D eigenvalue weighted by molar-refractivity contribution is 0.0697. The highest BCUT2D eigenvalue weighted by Gasteiger charge is 2.07. The van der Waals surface area contributed by atoms with Crippen molar-refractivity contribution >= 4 is 23.3 Å². The molecule has 12 heavy (non-hydrogen) atoms. The SMILES string of the molecule is [C-]#[N+]c1ccc(C(=O)O)c(Cl)c1. The molecule has 0 aliphatic carbocycles. The van der Waals surface area contributed by atoms with Gasteiger partial charge in [0.05, 0.1) is 12.1 Å². The van der Waals surface area contributed by atoms with Gasteiger partial charge >= 0.3 is 5.97 Å². The van der Waals surface area contributed by atoms with Crippen LogP contribution >= 0.6 is 11.6 Å². The average molecular weight is 182 g/mol. The lowest BCUT2D eigenvalue weighted by Gasteiger charge is -1.97. The van der Waals surface area contributed by atoms with Crippen LogP contribution in [0, 0.1) is 6.57 Å². The summed E-state index contributed by atoms with van der Waals surface area (Å²) < 4.78 is 0. The fourth-order valence-corrected chi connectivity index (χ4v) is 1.00. The van der Waals surface area contributed by atoms with Gasteiger partial charge in [0, 0.05) is 5.02 Å². The molecule has 0 heterocycles. The third-order valence-electron chi connectivity index (χ3n) is 1.31. The Bertz CT molecular complexity index is 368. The van der Waals surface area contributed by atoms with Crippen LogP contribution in [0.4, 0.5) is 5.69 Å². The fourth-order valence-electron chi connectivity index (χ4n) is 0.747. The van der Waals surface area contributed by atoms with E-state index in [1.165, 1.54) is 18.2 Å². The van der Waals surface area contributed by atoms with Gasteiger partial charge < -0.3 is 5.11 Å². The van der Waals surface area contributed by atoms with Crippen molar-refractivity contribution in [1.29, 1.82) is 0 Å². The number of carboxylic acids is 1. The van der Waals surface area contributed by atoms with Crippen molar-refractivity contribution in [2.24, 2.45) is 0 Å². The van der Waals surface area contributed by atoms with Crippen LogP contribution < -0.4 is 0 Å². The molecule has 0 fully saturated rings. The molecule has 0 aliphatic rings. The predicted octanol–water partition coefficient (Wildman–Crippen LogP) is 2.59. The fraction of sp³-hybridized carbons (Fsp3) is 0. The summed E-state index contributed by atoms with van der Waals surface area (Å²) in [4.78, 5) is 13.6. The van der Waals surface area contributed by atoms with Crippen LogP contribution in [0.15, 0.2) is 18.2 Å². The van der Waals surface area contributed by atoms with E-state index in [2.05, 4.69) is 4.85 Å². The van der Waals surface area contributed by atoms with Gasteiger partial charge in [-0.1, -0.05) is 23.7 Å². The molecule has 0 aromatic heterocycles. The second-order valence-electron chi connectivity index (χ2n) is 2.08. The van der Waals surface area contributed by atoms with Crippen LogP contribution in [-0.4, -0.2) is 11.1 Å². The topological polar surface area (TPSA) is 41.7 Å². The molecule has 3 nitrogen and oxygen atoms in total. The van der Waals surface area contributed by atoms with E-state index in [-0.39, 0.29) is 10.6 Å². The summed E-state index contributed by atoms with van der Waals surface area (Å²) in [7, 11) is 0. The maximum absolute atomic E-state index is 10.5. The largest absolute Gasteiger partial charge is 0.478 e. The average Bonchev–Trinajstić information content (AvgIpc) is 2.03. The van der Waals surface area contributed by atoms with Gasteiger partial charge in [-0.25, -0.2) is 9.64 Å². The van der Waals surface area contributed by atoms with Crippen molar-refractivity contribution in [1.82, 2.24) is 0 Å². The Morgan fingerprint density at radius 3 is 2.67 bits per heavy atom. The summed E-state index contributed by atoms with van der Waals surface area (Å²) in [5.74, 6) is -1.09. The van der Waals surface area contributed by atoms with E-state index >= 15 is 0 Å². The highest BCUT2D eigenvalue weighted by atomic mass is 35.5. The minimum atomic E-state index is -1.09. The molecule has 0 spiro atoms. The number of nitrogens with zero attached hydrogens (tertiary/aromatic N) is 1. The van der Waals surface area contributed by atoms with E-state index in [1.807, 2.05) is 0 Å². The Hall–Kier alpha value is -1.53. The van der Waals surface area contributed by atoms with Crippen LogP contribution in [0.25, 0.3) is 4.85 Å². The normalized spacial score (nSPS) is 9.00. The highest BCUT2D eigenvalue weighted by Crippen LogP contribution is 2.22. The first-order valence-corrected chi connectivity index (χ1v) is 3.43. The molecule has 1 aromatic carbocycles. The van der Waals surface area contributed by atoms with E-state index in [1.54, 1.807) is 0 Å². The van der Waals surface area contributed by atoms with Crippen molar-refractivity contribution in [2.75, 3.05) is 0 Å². The Labute approximate surface area is 74.0 Å². The van der Waals surface area contributed by atoms with Crippen LogP contribution in [0.2, 0.25) is 5.02 Å². The zero-order valence-corrected chi connectivity index (χ0v) is 6.67. The molecule has 0 aliphatic heterocycles. The van der Waals surface area contributed by atoms with Gasteiger partial charge in [-0.2, -0.15) is 0 Å². The van der Waals surface area contributed by atoms with E-state index in [9.17, 15) is 4.79 Å². The maximum atomic E-state index is 10.5. The zero-order chi connectivity index (χ0) is 9.14. The van der Waals surface area contributed by atoms with E-state index in [0.29, 0.717) is 5.69 Å². The molecule has 0 atom stereocenters. The second-order valence-corrected chi connectivity index (χ2v) is 2.49. The van der Waals surface area contributed by atoms with Crippen LogP contribution in [-0.2, 0) is 0 Å². The molecule has 0 amide bonds. The van der Waals surface area contributed by atoms with Gasteiger partial charge in [-0.05, 0) is 6.07 Å². The van der Waals surface area contributed by atoms with Gasteiger partial charge in [0.15, 0.2) is 5.69 Å². The van der Waals surface area contributed by atoms with Crippen molar-refractivity contribution in [3.8, 4) is 0 Å². The van der Waals surface area contributed by atoms with Gasteiger partial charge in [0.1, 0.15) is 0 Å². The summed E-state index contributed by atoms with van der Waals surface area (Å²) in [6.07, 6.45) is 0. The van der Waals surface area contributed by atoms with Crippen molar-refractivity contribution in [3.63, 3.8) is 0 Å². The molecular weight excluding hydrogens is 178 g/mol. The first kappa shape index (κ1) is 8.57. The number of benzene rings is 1. The summed E-state index contributed by atoms with van der Waals surface area (Å²) in [5, 5.41) is 8.66. The first-order valence-electron chi connectivity index (χ1n) is 3.05. The summed E-state index contributed by atoms with van der Waals surface area (Å²) in [6, 6.07) is 4.07. The molecule has 0 bridgehead atoms. The second kappa shape index (κ2) is 3.24. The number of carboxylic acid groups (broad SMARTS) is 1. The monoisotopic (exact) mass is 181 g/mol. The van der Waals surface area contributed by atoms with Crippen LogP contribution in [0.5, 0.6) is 0 Å². The third-order valence-corrected chi connectivity index (χ3v) is 1.62. The molecule has 0 radical (unpaired) electrons. The molecular formula is C8H4ClNO2. The number of hydrogen-bond donors (Lipinski definition) is 1. The minimum absolute atomic E-state index is 0.0177. The lowest BCUT2D eigenvalue weighted by atomic mass is 10.2. The van der Waals surface area contributed by atoms with Gasteiger partial charge in [-0.3, -0.25) is 0 Å². The van der Waals surface area contributed by atoms with Gasteiger partial charge in [0.2, 0.25) is 0 Å². The summed E-state index contributed by atoms with van der Waals surface area (Å²) in [5.41, 5.74) is 0.356.